The van der Waals surface area contributed by atoms with E-state index in [0.29, 0.717) is 12.3 Å². The fourth-order valence-corrected chi connectivity index (χ4v) is 3.32. The maximum absolute atomic E-state index is 10.4. The molecule has 3 rings (SSSR count). The highest BCUT2D eigenvalue weighted by Crippen LogP contribution is 2.35. The number of allylic oxidation sites excluding steroid dienone is 2. The summed E-state index contributed by atoms with van der Waals surface area (Å²) >= 11 is 6.15. The predicted octanol–water partition coefficient (Wildman–Crippen LogP) is 3.53. The van der Waals surface area contributed by atoms with Gasteiger partial charge in [0.25, 0.3) is 0 Å². The molecule has 1 aliphatic heterocycles. The number of fused-ring (bicyclic) bond motifs is 1. The number of benzene rings is 1. The number of aliphatic hydroxyl groups is 1. The smallest absolute Gasteiger partial charge is 0.126 e. The van der Waals surface area contributed by atoms with Gasteiger partial charge in [-0.25, -0.2) is 0 Å². The molecule has 19 heavy (non-hydrogen) atoms. The standard InChI is InChI=1S/C16H19ClO2/c17-14-8-12-6-7-19-16(12)13(9-14)10-15(18)11-4-2-1-3-5-11/h1-2,8-9,11,15,18H,3-7,10H2. The molecule has 1 aromatic carbocycles. The first kappa shape index (κ1) is 13.0. The average molecular weight is 279 g/mol. The van der Waals surface area contributed by atoms with Crippen LogP contribution in [0, 0.1) is 5.92 Å². The molecule has 0 saturated heterocycles. The van der Waals surface area contributed by atoms with Crippen molar-refractivity contribution in [3.8, 4) is 5.75 Å². The van der Waals surface area contributed by atoms with Crippen LogP contribution in [-0.4, -0.2) is 17.8 Å². The molecule has 0 fully saturated rings. The lowest BCUT2D eigenvalue weighted by Crippen LogP contribution is -2.24. The van der Waals surface area contributed by atoms with Crippen molar-refractivity contribution >= 4 is 11.6 Å². The van der Waals surface area contributed by atoms with Crippen molar-refractivity contribution in [2.24, 2.45) is 5.92 Å². The van der Waals surface area contributed by atoms with Crippen LogP contribution in [0.15, 0.2) is 24.3 Å². The molecule has 0 spiro atoms. The average Bonchev–Trinajstić information content (AvgIpc) is 2.88. The molecule has 1 heterocycles. The molecular weight excluding hydrogens is 260 g/mol. The summed E-state index contributed by atoms with van der Waals surface area (Å²) < 4.78 is 5.69. The molecule has 2 unspecified atom stereocenters. The Labute approximate surface area is 119 Å². The minimum atomic E-state index is -0.309. The zero-order valence-corrected chi connectivity index (χ0v) is 11.7. The van der Waals surface area contributed by atoms with Gasteiger partial charge in [0.05, 0.1) is 12.7 Å². The van der Waals surface area contributed by atoms with Gasteiger partial charge in [-0.05, 0) is 48.4 Å². The van der Waals surface area contributed by atoms with Gasteiger partial charge in [0.15, 0.2) is 0 Å². The Bertz CT molecular complexity index is 496. The van der Waals surface area contributed by atoms with E-state index in [1.54, 1.807) is 0 Å². The van der Waals surface area contributed by atoms with E-state index in [2.05, 4.69) is 12.2 Å². The summed E-state index contributed by atoms with van der Waals surface area (Å²) in [5.74, 6) is 1.32. The molecule has 102 valence electrons. The minimum Gasteiger partial charge on any atom is -0.493 e. The highest BCUT2D eigenvalue weighted by molar-refractivity contribution is 6.30. The molecule has 0 aromatic heterocycles. The van der Waals surface area contributed by atoms with Crippen LogP contribution in [0.25, 0.3) is 0 Å². The zero-order chi connectivity index (χ0) is 13.2. The van der Waals surface area contributed by atoms with Crippen molar-refractivity contribution in [3.63, 3.8) is 0 Å². The van der Waals surface area contributed by atoms with Crippen LogP contribution in [0.5, 0.6) is 5.75 Å². The SMILES string of the molecule is OC(Cc1cc(Cl)cc2c1OCC2)C1CC=CCC1. The fraction of sp³-hybridized carbons (Fsp3) is 0.500. The lowest BCUT2D eigenvalue weighted by molar-refractivity contribution is 0.101. The minimum absolute atomic E-state index is 0.309. The van der Waals surface area contributed by atoms with Crippen LogP contribution < -0.4 is 4.74 Å². The molecule has 2 nitrogen and oxygen atoms in total. The Morgan fingerprint density at radius 2 is 2.26 bits per heavy atom. The third kappa shape index (κ3) is 2.80. The van der Waals surface area contributed by atoms with Gasteiger partial charge >= 0.3 is 0 Å². The third-order valence-corrected chi connectivity index (χ3v) is 4.33. The van der Waals surface area contributed by atoms with E-state index < -0.39 is 0 Å². The van der Waals surface area contributed by atoms with E-state index >= 15 is 0 Å². The van der Waals surface area contributed by atoms with Gasteiger partial charge in [0.2, 0.25) is 0 Å². The molecule has 2 aliphatic rings. The molecule has 3 heteroatoms. The number of hydrogen-bond donors (Lipinski definition) is 1. The van der Waals surface area contributed by atoms with Crippen molar-refractivity contribution in [3.05, 3.63) is 40.4 Å². The third-order valence-electron chi connectivity index (χ3n) is 4.11. The number of halogens is 1. The first-order valence-corrected chi connectivity index (χ1v) is 7.39. The maximum atomic E-state index is 10.4. The van der Waals surface area contributed by atoms with E-state index in [1.807, 2.05) is 12.1 Å². The van der Waals surface area contributed by atoms with Crippen LogP contribution in [-0.2, 0) is 12.8 Å². The Kier molecular flexibility index (Phi) is 3.81. The molecular formula is C16H19ClO2. The van der Waals surface area contributed by atoms with Crippen molar-refractivity contribution < 1.29 is 9.84 Å². The van der Waals surface area contributed by atoms with Gasteiger partial charge in [-0.2, -0.15) is 0 Å². The molecule has 0 bridgehead atoms. The van der Waals surface area contributed by atoms with Crippen molar-refractivity contribution in [2.45, 2.75) is 38.2 Å². The van der Waals surface area contributed by atoms with Crippen LogP contribution in [0.2, 0.25) is 5.02 Å². The normalized spacial score (nSPS) is 22.9. The molecule has 1 N–H and O–H groups in total. The number of ether oxygens (including phenoxy) is 1. The summed E-state index contributed by atoms with van der Waals surface area (Å²) in [5.41, 5.74) is 2.24. The van der Waals surface area contributed by atoms with Crippen molar-refractivity contribution in [1.82, 2.24) is 0 Å². The Morgan fingerprint density at radius 1 is 1.37 bits per heavy atom. The fourth-order valence-electron chi connectivity index (χ4n) is 3.06. The molecule has 0 amide bonds. The number of hydrogen-bond acceptors (Lipinski definition) is 2. The molecule has 0 saturated carbocycles. The van der Waals surface area contributed by atoms with E-state index in [4.69, 9.17) is 16.3 Å². The summed E-state index contributed by atoms with van der Waals surface area (Å²) in [6.07, 6.45) is 8.75. The first-order chi connectivity index (χ1) is 9.24. The van der Waals surface area contributed by atoms with Gasteiger partial charge in [0.1, 0.15) is 5.75 Å². The summed E-state index contributed by atoms with van der Waals surface area (Å²) in [7, 11) is 0. The van der Waals surface area contributed by atoms with Gasteiger partial charge in [-0.15, -0.1) is 0 Å². The lowest BCUT2D eigenvalue weighted by atomic mass is 9.86. The lowest BCUT2D eigenvalue weighted by Gasteiger charge is -2.24. The quantitative estimate of drug-likeness (QED) is 0.857. The van der Waals surface area contributed by atoms with E-state index in [-0.39, 0.29) is 6.10 Å². The topological polar surface area (TPSA) is 29.5 Å². The Hall–Kier alpha value is -0.990. The van der Waals surface area contributed by atoms with E-state index in [9.17, 15) is 5.11 Å². The van der Waals surface area contributed by atoms with Gasteiger partial charge in [-0.1, -0.05) is 23.8 Å². The van der Waals surface area contributed by atoms with Crippen LogP contribution >= 0.6 is 11.6 Å². The number of rotatable bonds is 3. The van der Waals surface area contributed by atoms with Crippen LogP contribution in [0.4, 0.5) is 0 Å². The molecule has 1 aromatic rings. The highest BCUT2D eigenvalue weighted by Gasteiger charge is 2.24. The monoisotopic (exact) mass is 278 g/mol. The van der Waals surface area contributed by atoms with Crippen LogP contribution in [0.3, 0.4) is 0 Å². The largest absolute Gasteiger partial charge is 0.493 e. The molecule has 1 aliphatic carbocycles. The summed E-state index contributed by atoms with van der Waals surface area (Å²) in [6.45, 7) is 0.727. The highest BCUT2D eigenvalue weighted by atomic mass is 35.5. The van der Waals surface area contributed by atoms with Gasteiger partial charge < -0.3 is 9.84 Å². The second-order valence-corrected chi connectivity index (χ2v) is 5.90. The Morgan fingerprint density at radius 3 is 3.05 bits per heavy atom. The zero-order valence-electron chi connectivity index (χ0n) is 10.9. The summed E-state index contributed by atoms with van der Waals surface area (Å²) in [4.78, 5) is 0. The van der Waals surface area contributed by atoms with E-state index in [1.165, 1.54) is 5.56 Å². The summed E-state index contributed by atoms with van der Waals surface area (Å²) in [6, 6.07) is 3.91. The second kappa shape index (κ2) is 5.56. The van der Waals surface area contributed by atoms with Crippen molar-refractivity contribution in [1.29, 1.82) is 0 Å². The maximum Gasteiger partial charge on any atom is 0.126 e. The van der Waals surface area contributed by atoms with Gasteiger partial charge in [0, 0.05) is 17.9 Å². The second-order valence-electron chi connectivity index (χ2n) is 5.47. The van der Waals surface area contributed by atoms with Gasteiger partial charge in [-0.3, -0.25) is 0 Å². The summed E-state index contributed by atoms with van der Waals surface area (Å²) in [5, 5.41) is 11.2. The Balaban J connectivity index is 1.77. The van der Waals surface area contributed by atoms with E-state index in [0.717, 1.165) is 48.6 Å². The van der Waals surface area contributed by atoms with Crippen LogP contribution in [0.1, 0.15) is 30.4 Å². The molecule has 2 atom stereocenters. The van der Waals surface area contributed by atoms with Crippen molar-refractivity contribution in [2.75, 3.05) is 6.61 Å². The number of aliphatic hydroxyl groups excluding tert-OH is 1. The first-order valence-electron chi connectivity index (χ1n) is 7.01. The predicted molar refractivity (Wildman–Crippen MR) is 76.8 cm³/mol. The molecule has 0 radical (unpaired) electrons.